The SMILES string of the molecule is c1cc(-c2ccc3c(ccc4c(-c5cccc(-c6cccc7c6sc6ccccc67)c5)ncnc43)c2)cc(-c2cccc3c2sc2ccccc23)c1. The summed E-state index contributed by atoms with van der Waals surface area (Å²) in [7, 11) is 0. The van der Waals surface area contributed by atoms with E-state index >= 15 is 0 Å². The second-order valence-corrected chi connectivity index (χ2v) is 15.4. The maximum atomic E-state index is 4.85. The Morgan fingerprint density at radius 3 is 1.58 bits per heavy atom. The van der Waals surface area contributed by atoms with Crippen LogP contribution in [0.15, 0.2) is 170 Å². The first-order valence-corrected chi connectivity index (χ1v) is 19.1. The Balaban J connectivity index is 0.983. The van der Waals surface area contributed by atoms with Crippen molar-refractivity contribution in [2.75, 3.05) is 0 Å². The summed E-state index contributed by atoms with van der Waals surface area (Å²) < 4.78 is 5.30. The topological polar surface area (TPSA) is 25.8 Å². The van der Waals surface area contributed by atoms with Crippen LogP contribution in [0.5, 0.6) is 0 Å². The average molecular weight is 697 g/mol. The summed E-state index contributed by atoms with van der Waals surface area (Å²) in [5.41, 5.74) is 10.3. The summed E-state index contributed by atoms with van der Waals surface area (Å²) in [5.74, 6) is 0. The molecule has 2 nitrogen and oxygen atoms in total. The molecule has 52 heavy (non-hydrogen) atoms. The number of nitrogens with zero attached hydrogens (tertiary/aromatic N) is 2. The van der Waals surface area contributed by atoms with Crippen LogP contribution in [0.3, 0.4) is 0 Å². The van der Waals surface area contributed by atoms with Gasteiger partial charge in [0.2, 0.25) is 0 Å². The van der Waals surface area contributed by atoms with Crippen molar-refractivity contribution in [3.63, 3.8) is 0 Å². The van der Waals surface area contributed by atoms with Crippen LogP contribution in [0.1, 0.15) is 0 Å². The number of fused-ring (bicyclic) bond motifs is 9. The van der Waals surface area contributed by atoms with Gasteiger partial charge >= 0.3 is 0 Å². The van der Waals surface area contributed by atoms with Crippen molar-refractivity contribution in [3.8, 4) is 44.6 Å². The third kappa shape index (κ3) is 4.62. The maximum absolute atomic E-state index is 4.85. The van der Waals surface area contributed by atoms with Crippen molar-refractivity contribution in [2.24, 2.45) is 0 Å². The quantitative estimate of drug-likeness (QED) is 0.171. The minimum atomic E-state index is 0.949. The number of rotatable bonds is 4. The van der Waals surface area contributed by atoms with E-state index in [1.807, 2.05) is 22.7 Å². The zero-order chi connectivity index (χ0) is 34.2. The third-order valence-corrected chi connectivity index (χ3v) is 12.8. The largest absolute Gasteiger partial charge is 0.236 e. The second-order valence-electron chi connectivity index (χ2n) is 13.3. The lowest BCUT2D eigenvalue weighted by atomic mass is 9.95. The van der Waals surface area contributed by atoms with Crippen molar-refractivity contribution in [1.29, 1.82) is 0 Å². The van der Waals surface area contributed by atoms with Crippen molar-refractivity contribution in [3.05, 3.63) is 170 Å². The molecule has 0 fully saturated rings. The van der Waals surface area contributed by atoms with Crippen LogP contribution in [-0.4, -0.2) is 9.97 Å². The lowest BCUT2D eigenvalue weighted by Gasteiger charge is -2.11. The average Bonchev–Trinajstić information content (AvgIpc) is 3.79. The normalized spacial score (nSPS) is 11.8. The second kappa shape index (κ2) is 11.7. The molecule has 0 bridgehead atoms. The molecule has 3 heterocycles. The highest BCUT2D eigenvalue weighted by molar-refractivity contribution is 7.26. The van der Waals surface area contributed by atoms with E-state index in [-0.39, 0.29) is 0 Å². The molecule has 0 aliphatic carbocycles. The van der Waals surface area contributed by atoms with E-state index < -0.39 is 0 Å². The van der Waals surface area contributed by atoms with Crippen LogP contribution >= 0.6 is 22.7 Å². The summed E-state index contributed by atoms with van der Waals surface area (Å²) >= 11 is 3.74. The summed E-state index contributed by atoms with van der Waals surface area (Å²) in [4.78, 5) is 9.68. The van der Waals surface area contributed by atoms with Gasteiger partial charge < -0.3 is 0 Å². The van der Waals surface area contributed by atoms with Crippen LogP contribution in [0, 0.1) is 0 Å². The molecule has 0 amide bonds. The fourth-order valence-corrected chi connectivity index (χ4v) is 10.4. The van der Waals surface area contributed by atoms with E-state index in [9.17, 15) is 0 Å². The van der Waals surface area contributed by atoms with E-state index in [0.29, 0.717) is 0 Å². The predicted octanol–water partition coefficient (Wildman–Crippen LogP) is 14.2. The van der Waals surface area contributed by atoms with Gasteiger partial charge in [0.25, 0.3) is 0 Å². The van der Waals surface area contributed by atoms with Crippen molar-refractivity contribution in [1.82, 2.24) is 9.97 Å². The fourth-order valence-electron chi connectivity index (χ4n) is 7.92. The van der Waals surface area contributed by atoms with Gasteiger partial charge in [-0.15, -0.1) is 22.7 Å². The summed E-state index contributed by atoms with van der Waals surface area (Å²) in [6.45, 7) is 0. The summed E-state index contributed by atoms with van der Waals surface area (Å²) in [6, 6.07) is 59.6. The molecule has 0 unspecified atom stereocenters. The van der Waals surface area contributed by atoms with Crippen LogP contribution in [-0.2, 0) is 0 Å². The van der Waals surface area contributed by atoms with Gasteiger partial charge in [0.1, 0.15) is 6.33 Å². The molecule has 4 heteroatoms. The number of hydrogen-bond acceptors (Lipinski definition) is 4. The van der Waals surface area contributed by atoms with Gasteiger partial charge in [0, 0.05) is 56.7 Å². The Kier molecular flexibility index (Phi) is 6.63. The van der Waals surface area contributed by atoms with Crippen molar-refractivity contribution < 1.29 is 0 Å². The van der Waals surface area contributed by atoms with E-state index in [0.717, 1.165) is 32.9 Å². The van der Waals surface area contributed by atoms with Gasteiger partial charge in [-0.25, -0.2) is 9.97 Å². The first-order chi connectivity index (χ1) is 25.8. The molecule has 0 saturated heterocycles. The zero-order valence-corrected chi connectivity index (χ0v) is 29.5. The Labute approximate surface area is 307 Å². The molecule has 0 radical (unpaired) electrons. The molecule has 0 N–H and O–H groups in total. The first kappa shape index (κ1) is 29.5. The van der Waals surface area contributed by atoms with E-state index in [4.69, 9.17) is 9.97 Å². The van der Waals surface area contributed by atoms with Crippen molar-refractivity contribution >= 4 is 84.7 Å². The number of thiophene rings is 2. The molecule has 0 aliphatic rings. The summed E-state index contributed by atoms with van der Waals surface area (Å²) in [6.07, 6.45) is 1.71. The van der Waals surface area contributed by atoms with Crippen molar-refractivity contribution in [2.45, 2.75) is 0 Å². The smallest absolute Gasteiger partial charge is 0.116 e. The molecule has 242 valence electrons. The number of hydrogen-bond donors (Lipinski definition) is 0. The highest BCUT2D eigenvalue weighted by Gasteiger charge is 2.15. The molecule has 0 aliphatic heterocycles. The van der Waals surface area contributed by atoms with E-state index in [2.05, 4.69) is 164 Å². The van der Waals surface area contributed by atoms with Gasteiger partial charge in [-0.05, 0) is 75.2 Å². The third-order valence-electron chi connectivity index (χ3n) is 10.4. The summed E-state index contributed by atoms with van der Waals surface area (Å²) in [5, 5.41) is 8.61. The molecular formula is C48H28N2S2. The Morgan fingerprint density at radius 2 is 0.885 bits per heavy atom. The van der Waals surface area contributed by atoms with Gasteiger partial charge in [-0.2, -0.15) is 0 Å². The standard InChI is InChI=1S/C48H28N2S2/c1-3-19-43-38(13-1)40-17-7-15-36(47(40)51-43)31-10-5-9-29(25-31)30-21-23-35-33(26-30)22-24-42-45(49-28-50-46(35)42)34-12-6-11-32(27-34)37-16-8-18-41-39-14-2-4-20-44(39)52-48(37)41/h1-28H. The number of benzene rings is 8. The monoisotopic (exact) mass is 696 g/mol. The fraction of sp³-hybridized carbons (Fsp3) is 0. The molecule has 3 aromatic heterocycles. The molecule has 11 rings (SSSR count). The van der Waals surface area contributed by atoms with Gasteiger partial charge in [-0.1, -0.05) is 127 Å². The lowest BCUT2D eigenvalue weighted by molar-refractivity contribution is 1.23. The van der Waals surface area contributed by atoms with Gasteiger partial charge in [0.15, 0.2) is 0 Å². The minimum absolute atomic E-state index is 0.949. The first-order valence-electron chi connectivity index (χ1n) is 17.5. The zero-order valence-electron chi connectivity index (χ0n) is 27.9. The molecule has 8 aromatic carbocycles. The van der Waals surface area contributed by atoms with Crippen LogP contribution < -0.4 is 0 Å². The van der Waals surface area contributed by atoms with Crippen LogP contribution in [0.25, 0.3) is 107 Å². The molecule has 0 saturated carbocycles. The Hall–Kier alpha value is -6.20. The predicted molar refractivity (Wildman–Crippen MR) is 225 cm³/mol. The van der Waals surface area contributed by atoms with Crippen LogP contribution in [0.4, 0.5) is 0 Å². The minimum Gasteiger partial charge on any atom is -0.236 e. The Morgan fingerprint density at radius 1 is 0.346 bits per heavy atom. The molecule has 11 aromatic rings. The highest BCUT2D eigenvalue weighted by Crippen LogP contribution is 2.43. The molecular weight excluding hydrogens is 669 g/mol. The maximum Gasteiger partial charge on any atom is 0.116 e. The van der Waals surface area contributed by atoms with E-state index in [1.165, 1.54) is 73.7 Å². The van der Waals surface area contributed by atoms with E-state index in [1.54, 1.807) is 6.33 Å². The number of aromatic nitrogens is 2. The van der Waals surface area contributed by atoms with Gasteiger partial charge in [0.05, 0.1) is 11.2 Å². The highest BCUT2D eigenvalue weighted by atomic mass is 32.1. The molecule has 0 atom stereocenters. The van der Waals surface area contributed by atoms with Crippen LogP contribution in [0.2, 0.25) is 0 Å². The van der Waals surface area contributed by atoms with Gasteiger partial charge in [-0.3, -0.25) is 0 Å². The Bertz CT molecular complexity index is 3200. The lowest BCUT2D eigenvalue weighted by Crippen LogP contribution is -1.91. The molecule has 0 spiro atoms.